The number of carbonyl (C=O) groups excluding carboxylic acids is 1. The van der Waals surface area contributed by atoms with E-state index in [2.05, 4.69) is 9.97 Å². The van der Waals surface area contributed by atoms with E-state index in [1.54, 1.807) is 11.0 Å². The molecule has 1 aliphatic rings. The van der Waals surface area contributed by atoms with Crippen molar-refractivity contribution in [1.82, 2.24) is 14.9 Å². The van der Waals surface area contributed by atoms with E-state index in [-0.39, 0.29) is 17.8 Å². The average Bonchev–Trinajstić information content (AvgIpc) is 3.04. The minimum Gasteiger partial charge on any atom is -0.444 e. The van der Waals surface area contributed by atoms with Crippen LogP contribution < -0.4 is 4.90 Å². The van der Waals surface area contributed by atoms with Gasteiger partial charge in [-0.15, -0.1) is 0 Å². The van der Waals surface area contributed by atoms with Crippen molar-refractivity contribution in [3.8, 4) is 0 Å². The minimum absolute atomic E-state index is 0.0220. The Balaban J connectivity index is 1.74. The molecular formula is C19H27N5O4. The van der Waals surface area contributed by atoms with Crippen LogP contribution in [0.1, 0.15) is 40.0 Å². The largest absolute Gasteiger partial charge is 0.444 e. The highest BCUT2D eigenvalue weighted by molar-refractivity contribution is 5.80. The predicted molar refractivity (Wildman–Crippen MR) is 107 cm³/mol. The van der Waals surface area contributed by atoms with Crippen LogP contribution in [0.15, 0.2) is 18.2 Å². The number of aromatic amines is 1. The molecule has 0 aliphatic carbocycles. The van der Waals surface area contributed by atoms with Gasteiger partial charge in [0.15, 0.2) is 0 Å². The molecule has 0 saturated carbocycles. The zero-order chi connectivity index (χ0) is 20.5. The third kappa shape index (κ3) is 4.52. The van der Waals surface area contributed by atoms with E-state index < -0.39 is 10.5 Å². The smallest absolute Gasteiger partial charge is 0.410 e. The minimum atomic E-state index is -0.529. The predicted octanol–water partition coefficient (Wildman–Crippen LogP) is 3.70. The van der Waals surface area contributed by atoms with Gasteiger partial charge in [0.1, 0.15) is 5.60 Å². The Morgan fingerprint density at radius 1 is 1.43 bits per heavy atom. The molecule has 1 fully saturated rings. The van der Waals surface area contributed by atoms with Crippen molar-refractivity contribution in [3.63, 3.8) is 0 Å². The van der Waals surface area contributed by atoms with Crippen molar-refractivity contribution in [1.29, 1.82) is 0 Å². The van der Waals surface area contributed by atoms with Crippen LogP contribution in [-0.2, 0) is 4.74 Å². The Morgan fingerprint density at radius 3 is 2.86 bits per heavy atom. The van der Waals surface area contributed by atoms with Crippen molar-refractivity contribution in [3.05, 3.63) is 28.3 Å². The number of nitrogens with zero attached hydrogens (tertiary/aromatic N) is 4. The Hall–Kier alpha value is -2.84. The summed E-state index contributed by atoms with van der Waals surface area (Å²) in [5.41, 5.74) is 0.774. The number of likely N-dealkylation sites (N-methyl/N-ethyl adjacent to an activating group) is 1. The number of non-ortho nitro benzene ring substituents is 1. The number of anilines is 1. The maximum absolute atomic E-state index is 12.6. The number of fused-ring (bicyclic) bond motifs is 1. The zero-order valence-corrected chi connectivity index (χ0v) is 16.8. The van der Waals surface area contributed by atoms with E-state index in [4.69, 9.17) is 4.74 Å². The van der Waals surface area contributed by atoms with Crippen molar-refractivity contribution in [2.75, 3.05) is 25.0 Å². The van der Waals surface area contributed by atoms with Gasteiger partial charge >= 0.3 is 6.09 Å². The molecule has 1 aromatic heterocycles. The van der Waals surface area contributed by atoms with Crippen molar-refractivity contribution in [2.24, 2.45) is 0 Å². The number of nitro groups is 1. The number of rotatable bonds is 4. The number of nitrogens with one attached hydrogen (secondary N) is 1. The lowest BCUT2D eigenvalue weighted by Gasteiger charge is -2.38. The van der Waals surface area contributed by atoms with Gasteiger partial charge in [-0.05, 0) is 46.1 Å². The van der Waals surface area contributed by atoms with Crippen molar-refractivity contribution < 1.29 is 14.5 Å². The van der Waals surface area contributed by atoms with E-state index in [1.165, 1.54) is 12.1 Å². The lowest BCUT2D eigenvalue weighted by molar-refractivity contribution is -0.384. The van der Waals surface area contributed by atoms with Crippen LogP contribution in [0.5, 0.6) is 0 Å². The summed E-state index contributed by atoms with van der Waals surface area (Å²) in [6, 6.07) is 4.58. The topological polar surface area (TPSA) is 105 Å². The first kappa shape index (κ1) is 19.9. The summed E-state index contributed by atoms with van der Waals surface area (Å²) in [6.07, 6.45) is 2.64. The highest BCUT2D eigenvalue weighted by atomic mass is 16.6. The highest BCUT2D eigenvalue weighted by Gasteiger charge is 2.31. The molecule has 1 atom stereocenters. The molecule has 1 aromatic carbocycles. The quantitative estimate of drug-likeness (QED) is 0.631. The molecule has 0 unspecified atom stereocenters. The van der Waals surface area contributed by atoms with Gasteiger partial charge in [-0.25, -0.2) is 9.78 Å². The van der Waals surface area contributed by atoms with Gasteiger partial charge in [-0.3, -0.25) is 10.1 Å². The number of amides is 1. The Morgan fingerprint density at radius 2 is 2.18 bits per heavy atom. The number of aromatic nitrogens is 2. The highest BCUT2D eigenvalue weighted by Crippen LogP contribution is 2.24. The summed E-state index contributed by atoms with van der Waals surface area (Å²) >= 11 is 0. The van der Waals surface area contributed by atoms with Crippen molar-refractivity contribution in [2.45, 2.75) is 51.7 Å². The number of ether oxygens (including phenoxy) is 1. The fourth-order valence-corrected chi connectivity index (χ4v) is 3.43. The number of likely N-dealkylation sites (tertiary alicyclic amines) is 1. The molecule has 1 aliphatic heterocycles. The molecule has 2 aromatic rings. The molecule has 152 valence electrons. The third-order valence-corrected chi connectivity index (χ3v) is 4.77. The van der Waals surface area contributed by atoms with Gasteiger partial charge in [0.05, 0.1) is 22.0 Å². The van der Waals surface area contributed by atoms with Gasteiger partial charge in [0.2, 0.25) is 5.95 Å². The number of imidazole rings is 1. The molecule has 1 saturated heterocycles. The molecule has 0 spiro atoms. The molecule has 9 nitrogen and oxygen atoms in total. The molecule has 1 amide bonds. The third-order valence-electron chi connectivity index (χ3n) is 4.77. The summed E-state index contributed by atoms with van der Waals surface area (Å²) in [5, 5.41) is 11.0. The van der Waals surface area contributed by atoms with Gasteiger partial charge in [0, 0.05) is 32.3 Å². The lowest BCUT2D eigenvalue weighted by atomic mass is 10.0. The summed E-state index contributed by atoms with van der Waals surface area (Å²) in [7, 11) is 1.90. The molecule has 0 radical (unpaired) electrons. The first-order valence-electron chi connectivity index (χ1n) is 9.49. The SMILES string of the molecule is CN(C[C@H]1CCCCN1C(=O)OC(C)(C)C)c1nc2ccc([N+](=O)[O-])cc2[nH]1. The van der Waals surface area contributed by atoms with Crippen LogP contribution in [0, 0.1) is 10.1 Å². The monoisotopic (exact) mass is 389 g/mol. The lowest BCUT2D eigenvalue weighted by Crippen LogP contribution is -2.50. The summed E-state index contributed by atoms with van der Waals surface area (Å²) in [4.78, 5) is 34.5. The Bertz CT molecular complexity index is 873. The normalized spacial score (nSPS) is 17.6. The van der Waals surface area contributed by atoms with Crippen LogP contribution in [0.25, 0.3) is 11.0 Å². The van der Waals surface area contributed by atoms with E-state index in [9.17, 15) is 14.9 Å². The van der Waals surface area contributed by atoms with Crippen LogP contribution in [0.3, 0.4) is 0 Å². The van der Waals surface area contributed by atoms with Gasteiger partial charge < -0.3 is 19.5 Å². The van der Waals surface area contributed by atoms with Crippen LogP contribution in [0.4, 0.5) is 16.4 Å². The number of nitro benzene ring substituents is 1. The number of carbonyl (C=O) groups is 1. The fraction of sp³-hybridized carbons (Fsp3) is 0.579. The van der Waals surface area contributed by atoms with E-state index in [0.29, 0.717) is 30.1 Å². The second-order valence-corrected chi connectivity index (χ2v) is 8.22. The average molecular weight is 389 g/mol. The fourth-order valence-electron chi connectivity index (χ4n) is 3.43. The first-order valence-corrected chi connectivity index (χ1v) is 9.49. The number of piperidine rings is 1. The number of hydrogen-bond acceptors (Lipinski definition) is 6. The molecular weight excluding hydrogens is 362 g/mol. The standard InChI is InChI=1S/C19H27N5O4/c1-19(2,3)28-18(25)23-10-6-5-7-14(23)12-22(4)17-20-15-9-8-13(24(26)27)11-16(15)21-17/h8-9,11,14H,5-7,10,12H2,1-4H3,(H,20,21)/t14-/m1/s1. The Labute approximate surface area is 163 Å². The van der Waals surface area contributed by atoms with Gasteiger partial charge in [-0.1, -0.05) is 0 Å². The molecule has 0 bridgehead atoms. The molecule has 9 heteroatoms. The first-order chi connectivity index (χ1) is 13.1. The summed E-state index contributed by atoms with van der Waals surface area (Å²) in [5.74, 6) is 0.616. The van der Waals surface area contributed by atoms with Gasteiger partial charge in [-0.2, -0.15) is 0 Å². The molecule has 2 heterocycles. The number of benzene rings is 1. The summed E-state index contributed by atoms with van der Waals surface area (Å²) < 4.78 is 5.56. The van der Waals surface area contributed by atoms with E-state index >= 15 is 0 Å². The second kappa shape index (κ2) is 7.65. The maximum Gasteiger partial charge on any atom is 0.410 e. The molecule has 1 N–H and O–H groups in total. The summed E-state index contributed by atoms with van der Waals surface area (Å²) in [6.45, 7) is 6.87. The van der Waals surface area contributed by atoms with Gasteiger partial charge in [0.25, 0.3) is 5.69 Å². The van der Waals surface area contributed by atoms with Crippen LogP contribution >= 0.6 is 0 Å². The second-order valence-electron chi connectivity index (χ2n) is 8.22. The Kier molecular flexibility index (Phi) is 5.44. The van der Waals surface area contributed by atoms with Crippen molar-refractivity contribution >= 4 is 28.8 Å². The number of H-pyrrole nitrogens is 1. The van der Waals surface area contributed by atoms with Crippen LogP contribution in [-0.4, -0.2) is 57.7 Å². The van der Waals surface area contributed by atoms with Crippen LogP contribution in [0.2, 0.25) is 0 Å². The van der Waals surface area contributed by atoms with E-state index in [0.717, 1.165) is 19.3 Å². The maximum atomic E-state index is 12.6. The molecule has 28 heavy (non-hydrogen) atoms. The zero-order valence-electron chi connectivity index (χ0n) is 16.8. The molecule has 3 rings (SSSR count). The number of hydrogen-bond donors (Lipinski definition) is 1. The van der Waals surface area contributed by atoms with E-state index in [1.807, 2.05) is 32.7 Å².